The number of anilines is 3. The van der Waals surface area contributed by atoms with Gasteiger partial charge in [-0.3, -0.25) is 0 Å². The highest BCUT2D eigenvalue weighted by Gasteiger charge is 2.20. The van der Waals surface area contributed by atoms with Gasteiger partial charge in [0, 0.05) is 33.4 Å². The van der Waals surface area contributed by atoms with Crippen LogP contribution in [0.3, 0.4) is 0 Å². The summed E-state index contributed by atoms with van der Waals surface area (Å²) in [7, 11) is 0. The highest BCUT2D eigenvalue weighted by molar-refractivity contribution is 6.16. The van der Waals surface area contributed by atoms with Crippen molar-refractivity contribution in [3.63, 3.8) is 0 Å². The van der Waals surface area contributed by atoms with Crippen LogP contribution in [0.4, 0.5) is 17.1 Å². The van der Waals surface area contributed by atoms with Crippen molar-refractivity contribution >= 4 is 38.9 Å². The van der Waals surface area contributed by atoms with Crippen molar-refractivity contribution in [1.82, 2.24) is 4.57 Å². The monoisotopic (exact) mass is 714 g/mol. The first-order chi connectivity index (χ1) is 27.8. The molecule has 0 saturated carbocycles. The van der Waals surface area contributed by atoms with Gasteiger partial charge in [0.2, 0.25) is 0 Å². The molecule has 0 aliphatic heterocycles. The van der Waals surface area contributed by atoms with E-state index in [1.165, 1.54) is 55.2 Å². The van der Waals surface area contributed by atoms with Gasteiger partial charge in [0.05, 0.1) is 16.7 Å². The molecule has 56 heavy (non-hydrogen) atoms. The van der Waals surface area contributed by atoms with E-state index in [-0.39, 0.29) is 0 Å². The standard InChI is InChI=1S/C54H38N2/c1-4-16-39(17-5-1)41-30-34-46(35-31-41)55(47-36-32-42(33-37-47)40-18-6-2-7-19-40)51-27-12-10-24-48(51)43-20-14-21-44(38-43)49-26-15-29-53-54(49)50-25-11-13-28-52(50)56(53)45-22-8-3-9-23-45/h1-38H. The zero-order valence-corrected chi connectivity index (χ0v) is 30.8. The second kappa shape index (κ2) is 14.4. The summed E-state index contributed by atoms with van der Waals surface area (Å²) < 4.78 is 2.39. The van der Waals surface area contributed by atoms with Crippen LogP contribution in [0.25, 0.3) is 72.0 Å². The molecule has 0 spiro atoms. The molecule has 0 radical (unpaired) electrons. The van der Waals surface area contributed by atoms with Crippen LogP contribution in [0.1, 0.15) is 0 Å². The highest BCUT2D eigenvalue weighted by Crippen LogP contribution is 2.44. The Hall–Kier alpha value is -7.42. The number of fused-ring (bicyclic) bond motifs is 3. The van der Waals surface area contributed by atoms with E-state index in [0.717, 1.165) is 33.9 Å². The van der Waals surface area contributed by atoms with Crippen molar-refractivity contribution in [3.05, 3.63) is 231 Å². The van der Waals surface area contributed by atoms with E-state index >= 15 is 0 Å². The zero-order chi connectivity index (χ0) is 37.3. The topological polar surface area (TPSA) is 8.17 Å². The number of rotatable bonds is 8. The summed E-state index contributed by atoms with van der Waals surface area (Å²) in [5.74, 6) is 0. The molecule has 9 aromatic carbocycles. The van der Waals surface area contributed by atoms with Gasteiger partial charge in [0.15, 0.2) is 0 Å². The number of nitrogens with zero attached hydrogens (tertiary/aromatic N) is 2. The molecule has 2 nitrogen and oxygen atoms in total. The fourth-order valence-corrected chi connectivity index (χ4v) is 8.18. The molecule has 2 heteroatoms. The SMILES string of the molecule is c1ccc(-c2ccc(N(c3ccc(-c4ccccc4)cc3)c3ccccc3-c3cccc(-c4cccc5c4c4ccccc4n5-c4ccccc4)c3)cc2)cc1. The van der Waals surface area contributed by atoms with E-state index in [0.29, 0.717) is 0 Å². The van der Waals surface area contributed by atoms with Gasteiger partial charge in [-0.15, -0.1) is 0 Å². The predicted octanol–water partition coefficient (Wildman–Crippen LogP) is 14.9. The Morgan fingerprint density at radius 3 is 1.39 bits per heavy atom. The summed E-state index contributed by atoms with van der Waals surface area (Å²) in [5, 5.41) is 2.51. The van der Waals surface area contributed by atoms with Crippen LogP contribution in [-0.4, -0.2) is 4.57 Å². The van der Waals surface area contributed by atoms with Crippen LogP contribution in [0.2, 0.25) is 0 Å². The molecular formula is C54H38N2. The van der Waals surface area contributed by atoms with Gasteiger partial charge in [0.25, 0.3) is 0 Å². The number of aromatic nitrogens is 1. The third-order valence-electron chi connectivity index (χ3n) is 10.8. The molecule has 1 aromatic heterocycles. The van der Waals surface area contributed by atoms with E-state index in [1.807, 2.05) is 0 Å². The van der Waals surface area contributed by atoms with Gasteiger partial charge < -0.3 is 9.47 Å². The molecule has 0 N–H and O–H groups in total. The summed E-state index contributed by atoms with van der Waals surface area (Å²) in [6.07, 6.45) is 0. The van der Waals surface area contributed by atoms with Gasteiger partial charge in [0.1, 0.15) is 0 Å². The molecular weight excluding hydrogens is 677 g/mol. The van der Waals surface area contributed by atoms with Gasteiger partial charge in [-0.1, -0.05) is 170 Å². The maximum Gasteiger partial charge on any atom is 0.0547 e. The molecule has 264 valence electrons. The first-order valence-corrected chi connectivity index (χ1v) is 19.2. The maximum absolute atomic E-state index is 2.39. The van der Waals surface area contributed by atoms with Crippen molar-refractivity contribution < 1.29 is 0 Å². The second-order valence-electron chi connectivity index (χ2n) is 14.1. The number of para-hydroxylation sites is 3. The number of hydrogen-bond acceptors (Lipinski definition) is 1. The summed E-state index contributed by atoms with van der Waals surface area (Å²) >= 11 is 0. The van der Waals surface area contributed by atoms with Crippen molar-refractivity contribution in [2.75, 3.05) is 4.90 Å². The molecule has 0 atom stereocenters. The Bertz CT molecular complexity index is 2840. The molecule has 0 bridgehead atoms. The van der Waals surface area contributed by atoms with Crippen LogP contribution in [0.5, 0.6) is 0 Å². The minimum Gasteiger partial charge on any atom is -0.310 e. The first kappa shape index (κ1) is 33.2. The summed E-state index contributed by atoms with van der Waals surface area (Å²) in [6, 6.07) is 83.0. The zero-order valence-electron chi connectivity index (χ0n) is 30.8. The van der Waals surface area contributed by atoms with Crippen LogP contribution < -0.4 is 4.90 Å². The molecule has 10 aromatic rings. The van der Waals surface area contributed by atoms with Crippen molar-refractivity contribution in [1.29, 1.82) is 0 Å². The van der Waals surface area contributed by atoms with E-state index < -0.39 is 0 Å². The van der Waals surface area contributed by atoms with Crippen molar-refractivity contribution in [2.45, 2.75) is 0 Å². The molecule has 0 unspecified atom stereocenters. The van der Waals surface area contributed by atoms with Crippen molar-refractivity contribution in [3.8, 4) is 50.2 Å². The number of benzene rings is 9. The molecule has 1 heterocycles. The van der Waals surface area contributed by atoms with E-state index in [2.05, 4.69) is 240 Å². The highest BCUT2D eigenvalue weighted by atomic mass is 15.1. The average molecular weight is 715 g/mol. The molecule has 10 rings (SSSR count). The average Bonchev–Trinajstić information content (AvgIpc) is 3.63. The lowest BCUT2D eigenvalue weighted by Gasteiger charge is -2.28. The Labute approximate surface area is 327 Å². The van der Waals surface area contributed by atoms with Crippen LogP contribution in [0.15, 0.2) is 231 Å². The molecule has 0 aliphatic carbocycles. The minimum absolute atomic E-state index is 1.10. The minimum atomic E-state index is 1.10. The molecule has 0 fully saturated rings. The molecule has 0 saturated heterocycles. The van der Waals surface area contributed by atoms with E-state index in [1.54, 1.807) is 0 Å². The smallest absolute Gasteiger partial charge is 0.0547 e. The summed E-state index contributed by atoms with van der Waals surface area (Å²) in [6.45, 7) is 0. The van der Waals surface area contributed by atoms with E-state index in [9.17, 15) is 0 Å². The van der Waals surface area contributed by atoms with Crippen LogP contribution in [0, 0.1) is 0 Å². The quantitative estimate of drug-likeness (QED) is 0.152. The van der Waals surface area contributed by atoms with Crippen LogP contribution >= 0.6 is 0 Å². The van der Waals surface area contributed by atoms with E-state index in [4.69, 9.17) is 0 Å². The summed E-state index contributed by atoms with van der Waals surface area (Å²) in [5.41, 5.74) is 16.4. The fraction of sp³-hybridized carbons (Fsp3) is 0. The third-order valence-corrected chi connectivity index (χ3v) is 10.8. The van der Waals surface area contributed by atoms with Crippen LogP contribution in [-0.2, 0) is 0 Å². The Kier molecular flexibility index (Phi) is 8.55. The Balaban J connectivity index is 1.11. The van der Waals surface area contributed by atoms with Gasteiger partial charge >= 0.3 is 0 Å². The lowest BCUT2D eigenvalue weighted by atomic mass is 9.94. The predicted molar refractivity (Wildman–Crippen MR) is 237 cm³/mol. The first-order valence-electron chi connectivity index (χ1n) is 19.2. The number of hydrogen-bond donors (Lipinski definition) is 0. The Morgan fingerprint density at radius 2 is 0.750 bits per heavy atom. The lowest BCUT2D eigenvalue weighted by Crippen LogP contribution is -2.11. The van der Waals surface area contributed by atoms with Gasteiger partial charge in [-0.25, -0.2) is 0 Å². The summed E-state index contributed by atoms with van der Waals surface area (Å²) in [4.78, 5) is 2.39. The molecule has 0 amide bonds. The fourth-order valence-electron chi connectivity index (χ4n) is 8.18. The van der Waals surface area contributed by atoms with Gasteiger partial charge in [-0.05, 0) is 99.6 Å². The Morgan fingerprint density at radius 1 is 0.304 bits per heavy atom. The largest absolute Gasteiger partial charge is 0.310 e. The van der Waals surface area contributed by atoms with Gasteiger partial charge in [-0.2, -0.15) is 0 Å². The molecule has 0 aliphatic rings. The lowest BCUT2D eigenvalue weighted by molar-refractivity contribution is 1.18. The third kappa shape index (κ3) is 6.04. The maximum atomic E-state index is 2.39. The van der Waals surface area contributed by atoms with Crippen molar-refractivity contribution in [2.24, 2.45) is 0 Å². The second-order valence-corrected chi connectivity index (χ2v) is 14.1. The normalized spacial score (nSPS) is 11.2.